The van der Waals surface area contributed by atoms with Gasteiger partial charge in [0.05, 0.1) is 12.8 Å². The van der Waals surface area contributed by atoms with Crippen molar-refractivity contribution in [3.05, 3.63) is 52.3 Å². The number of benzene rings is 1. The van der Waals surface area contributed by atoms with Gasteiger partial charge in [-0.15, -0.1) is 0 Å². The molecular formula is C17H17Cl2N3O2. The van der Waals surface area contributed by atoms with Crippen LogP contribution in [0.1, 0.15) is 10.4 Å². The topological polar surface area (TPSA) is 45.7 Å². The third kappa shape index (κ3) is 3.57. The number of piperazine rings is 1. The molecular weight excluding hydrogens is 349 g/mol. The quantitative estimate of drug-likeness (QED) is 0.782. The average molecular weight is 366 g/mol. The third-order valence-electron chi connectivity index (χ3n) is 4.00. The van der Waals surface area contributed by atoms with E-state index in [0.717, 1.165) is 24.5 Å². The Bertz CT molecular complexity index is 726. The summed E-state index contributed by atoms with van der Waals surface area (Å²) in [4.78, 5) is 20.5. The molecule has 126 valence electrons. The molecule has 0 unspecified atom stereocenters. The highest BCUT2D eigenvalue weighted by atomic mass is 35.5. The van der Waals surface area contributed by atoms with E-state index in [1.165, 1.54) is 0 Å². The molecule has 0 saturated carbocycles. The number of nitrogens with zero attached hydrogens (tertiary/aromatic N) is 3. The summed E-state index contributed by atoms with van der Waals surface area (Å²) < 4.78 is 5.41. The van der Waals surface area contributed by atoms with Gasteiger partial charge in [0.2, 0.25) is 0 Å². The van der Waals surface area contributed by atoms with Crippen molar-refractivity contribution in [3.63, 3.8) is 0 Å². The monoisotopic (exact) mass is 365 g/mol. The zero-order valence-corrected chi connectivity index (χ0v) is 14.7. The lowest BCUT2D eigenvalue weighted by atomic mass is 10.2. The van der Waals surface area contributed by atoms with Gasteiger partial charge in [-0.2, -0.15) is 0 Å². The summed E-state index contributed by atoms with van der Waals surface area (Å²) in [6, 6.07) is 11.0. The minimum atomic E-state index is -0.0825. The van der Waals surface area contributed by atoms with Crippen LogP contribution in [0.5, 0.6) is 5.75 Å². The Morgan fingerprint density at radius 3 is 2.33 bits per heavy atom. The van der Waals surface area contributed by atoms with Crippen LogP contribution >= 0.6 is 23.2 Å². The van der Waals surface area contributed by atoms with Gasteiger partial charge in [0.15, 0.2) is 0 Å². The number of amides is 1. The van der Waals surface area contributed by atoms with E-state index in [0.29, 0.717) is 18.7 Å². The van der Waals surface area contributed by atoms with Crippen LogP contribution in [0.4, 0.5) is 5.69 Å². The van der Waals surface area contributed by atoms with E-state index in [1.54, 1.807) is 24.1 Å². The van der Waals surface area contributed by atoms with Crippen LogP contribution < -0.4 is 9.64 Å². The van der Waals surface area contributed by atoms with Crippen LogP contribution in [0.25, 0.3) is 0 Å². The molecule has 1 aromatic heterocycles. The van der Waals surface area contributed by atoms with Crippen LogP contribution in [0.3, 0.4) is 0 Å². The highest BCUT2D eigenvalue weighted by Gasteiger charge is 2.24. The second-order valence-electron chi connectivity index (χ2n) is 5.45. The largest absolute Gasteiger partial charge is 0.495 e. The van der Waals surface area contributed by atoms with Crippen molar-refractivity contribution in [1.29, 1.82) is 0 Å². The molecule has 1 aliphatic heterocycles. The Balaban J connectivity index is 1.69. The zero-order valence-electron chi connectivity index (χ0n) is 13.2. The number of hydrogen-bond donors (Lipinski definition) is 0. The molecule has 2 aromatic rings. The fourth-order valence-corrected chi connectivity index (χ4v) is 3.27. The Morgan fingerprint density at radius 2 is 1.71 bits per heavy atom. The van der Waals surface area contributed by atoms with Crippen molar-refractivity contribution in [3.8, 4) is 5.75 Å². The molecule has 0 spiro atoms. The summed E-state index contributed by atoms with van der Waals surface area (Å²) in [5, 5.41) is 0.442. The van der Waals surface area contributed by atoms with E-state index < -0.39 is 0 Å². The maximum absolute atomic E-state index is 12.6. The first kappa shape index (κ1) is 16.9. The fraction of sp³-hybridized carbons (Fsp3) is 0.294. The molecule has 7 heteroatoms. The van der Waals surface area contributed by atoms with E-state index in [9.17, 15) is 4.79 Å². The number of carbonyl (C=O) groups is 1. The van der Waals surface area contributed by atoms with E-state index >= 15 is 0 Å². The minimum Gasteiger partial charge on any atom is -0.495 e. The lowest BCUT2D eigenvalue weighted by molar-refractivity contribution is 0.0746. The second-order valence-corrected chi connectivity index (χ2v) is 6.23. The van der Waals surface area contributed by atoms with Crippen LogP contribution in [0.15, 0.2) is 36.4 Å². The number of carbonyl (C=O) groups excluding carboxylic acids is 1. The van der Waals surface area contributed by atoms with Gasteiger partial charge in [-0.25, -0.2) is 4.98 Å². The Morgan fingerprint density at radius 1 is 1.08 bits per heavy atom. The first-order valence-electron chi connectivity index (χ1n) is 7.59. The Hall–Kier alpha value is -1.98. The highest BCUT2D eigenvalue weighted by molar-refractivity contribution is 6.33. The summed E-state index contributed by atoms with van der Waals surface area (Å²) in [6.45, 7) is 2.71. The van der Waals surface area contributed by atoms with Crippen LogP contribution in [-0.4, -0.2) is 49.1 Å². The van der Waals surface area contributed by atoms with Crippen molar-refractivity contribution in [2.24, 2.45) is 0 Å². The molecule has 0 atom stereocenters. The molecule has 1 aromatic carbocycles. The zero-order chi connectivity index (χ0) is 17.1. The van der Waals surface area contributed by atoms with Gasteiger partial charge in [-0.05, 0) is 24.3 Å². The van der Waals surface area contributed by atoms with Crippen LogP contribution in [-0.2, 0) is 0 Å². The normalized spacial score (nSPS) is 14.6. The molecule has 0 bridgehead atoms. The summed E-state index contributed by atoms with van der Waals surface area (Å²) in [5.41, 5.74) is 1.51. The molecule has 1 aliphatic rings. The van der Waals surface area contributed by atoms with Gasteiger partial charge in [-0.1, -0.05) is 35.3 Å². The molecule has 3 rings (SSSR count). The number of methoxy groups -OCH3 is 1. The average Bonchev–Trinajstić information content (AvgIpc) is 2.60. The summed E-state index contributed by atoms with van der Waals surface area (Å²) in [6.07, 6.45) is 0. The van der Waals surface area contributed by atoms with Crippen LogP contribution in [0.2, 0.25) is 10.3 Å². The standard InChI is InChI=1S/C17H17Cl2N3O2/c1-24-14-5-3-2-4-13(14)21-6-8-22(9-7-21)17(23)12-10-15(18)20-16(19)11-12/h2-5,10-11H,6-9H2,1H3. The first-order chi connectivity index (χ1) is 11.6. The van der Waals surface area contributed by atoms with Crippen molar-refractivity contribution < 1.29 is 9.53 Å². The van der Waals surface area contributed by atoms with Crippen molar-refractivity contribution in [2.45, 2.75) is 0 Å². The molecule has 5 nitrogen and oxygen atoms in total. The van der Waals surface area contributed by atoms with Gasteiger partial charge in [-0.3, -0.25) is 4.79 Å². The number of anilines is 1. The third-order valence-corrected chi connectivity index (χ3v) is 4.39. The minimum absolute atomic E-state index is 0.0825. The van der Waals surface area contributed by atoms with E-state index in [2.05, 4.69) is 9.88 Å². The molecule has 0 N–H and O–H groups in total. The highest BCUT2D eigenvalue weighted by Crippen LogP contribution is 2.28. The first-order valence-corrected chi connectivity index (χ1v) is 8.34. The molecule has 1 amide bonds. The smallest absolute Gasteiger partial charge is 0.254 e. The molecule has 24 heavy (non-hydrogen) atoms. The SMILES string of the molecule is COc1ccccc1N1CCN(C(=O)c2cc(Cl)nc(Cl)c2)CC1. The van der Waals surface area contributed by atoms with Gasteiger partial charge >= 0.3 is 0 Å². The molecule has 2 heterocycles. The molecule has 1 saturated heterocycles. The van der Waals surface area contributed by atoms with E-state index in [-0.39, 0.29) is 16.2 Å². The van der Waals surface area contributed by atoms with Gasteiger partial charge in [0.25, 0.3) is 5.91 Å². The number of ether oxygens (including phenoxy) is 1. The molecule has 0 aliphatic carbocycles. The summed E-state index contributed by atoms with van der Waals surface area (Å²) in [7, 11) is 1.66. The van der Waals surface area contributed by atoms with Gasteiger partial charge in [0, 0.05) is 31.7 Å². The molecule has 1 fully saturated rings. The second kappa shape index (κ2) is 7.28. The number of para-hydroxylation sites is 2. The maximum Gasteiger partial charge on any atom is 0.254 e. The lowest BCUT2D eigenvalue weighted by Crippen LogP contribution is -2.48. The van der Waals surface area contributed by atoms with Crippen molar-refractivity contribution >= 4 is 34.8 Å². The summed E-state index contributed by atoms with van der Waals surface area (Å²) in [5.74, 6) is 0.755. The van der Waals surface area contributed by atoms with Crippen LogP contribution in [0, 0.1) is 0 Å². The summed E-state index contributed by atoms with van der Waals surface area (Å²) >= 11 is 11.8. The number of hydrogen-bond acceptors (Lipinski definition) is 4. The predicted molar refractivity (Wildman–Crippen MR) is 95.4 cm³/mol. The van der Waals surface area contributed by atoms with Gasteiger partial charge < -0.3 is 14.5 Å². The van der Waals surface area contributed by atoms with E-state index in [1.807, 2.05) is 24.3 Å². The van der Waals surface area contributed by atoms with Crippen molar-refractivity contribution in [1.82, 2.24) is 9.88 Å². The van der Waals surface area contributed by atoms with Gasteiger partial charge in [0.1, 0.15) is 16.1 Å². The van der Waals surface area contributed by atoms with E-state index in [4.69, 9.17) is 27.9 Å². The lowest BCUT2D eigenvalue weighted by Gasteiger charge is -2.36. The Labute approximate surface area is 150 Å². The number of aromatic nitrogens is 1. The Kier molecular flexibility index (Phi) is 5.11. The number of pyridine rings is 1. The fourth-order valence-electron chi connectivity index (χ4n) is 2.81. The van der Waals surface area contributed by atoms with Crippen molar-refractivity contribution in [2.75, 3.05) is 38.2 Å². The predicted octanol–water partition coefficient (Wildman–Crippen LogP) is 3.36. The maximum atomic E-state index is 12.6. The number of halogens is 2. The molecule has 0 radical (unpaired) electrons. The number of rotatable bonds is 3.